The molecule has 5 nitrogen and oxygen atoms in total. The summed E-state index contributed by atoms with van der Waals surface area (Å²) in [5.74, 6) is 0.625. The van der Waals surface area contributed by atoms with Gasteiger partial charge in [0, 0.05) is 31.4 Å². The molecule has 1 heterocycles. The fourth-order valence-corrected chi connectivity index (χ4v) is 2.33. The third-order valence-corrected chi connectivity index (χ3v) is 3.45. The number of aryl methyl sites for hydroxylation is 1. The van der Waals surface area contributed by atoms with Gasteiger partial charge in [-0.2, -0.15) is 0 Å². The maximum atomic E-state index is 11.9. The zero-order valence-electron chi connectivity index (χ0n) is 11.9. The smallest absolute Gasteiger partial charge is 0.258 e. The molecular weight excluding hydrogens is 256 g/mol. The van der Waals surface area contributed by atoms with Crippen molar-refractivity contribution in [3.63, 3.8) is 0 Å². The molecule has 3 N–H and O–H groups in total. The van der Waals surface area contributed by atoms with E-state index in [-0.39, 0.29) is 18.6 Å². The van der Waals surface area contributed by atoms with Crippen molar-refractivity contribution in [2.45, 2.75) is 32.4 Å². The molecule has 0 atom stereocenters. The number of hydrogen-bond donors (Lipinski definition) is 2. The van der Waals surface area contributed by atoms with Crippen LogP contribution in [0.1, 0.15) is 24.0 Å². The number of para-hydroxylation sites is 1. The fourth-order valence-electron chi connectivity index (χ4n) is 2.33. The van der Waals surface area contributed by atoms with Gasteiger partial charge in [0.05, 0.1) is 0 Å². The lowest BCUT2D eigenvalue weighted by Crippen LogP contribution is -2.41. The lowest BCUT2D eigenvalue weighted by atomic mass is 10.1. The highest BCUT2D eigenvalue weighted by atomic mass is 16.5. The van der Waals surface area contributed by atoms with E-state index in [1.54, 1.807) is 0 Å². The Morgan fingerprint density at radius 3 is 2.90 bits per heavy atom. The van der Waals surface area contributed by atoms with Crippen LogP contribution in [-0.4, -0.2) is 31.8 Å². The second-order valence-corrected chi connectivity index (χ2v) is 5.01. The summed E-state index contributed by atoms with van der Waals surface area (Å²) < 4.78 is 10.9. The Morgan fingerprint density at radius 2 is 2.20 bits per heavy atom. The molecule has 1 aromatic rings. The molecule has 20 heavy (non-hydrogen) atoms. The molecule has 0 spiro atoms. The zero-order chi connectivity index (χ0) is 14.4. The number of ether oxygens (including phenoxy) is 2. The summed E-state index contributed by atoms with van der Waals surface area (Å²) in [6.07, 6.45) is 1.73. The lowest BCUT2D eigenvalue weighted by molar-refractivity contribution is -0.124. The molecule has 1 saturated heterocycles. The molecule has 2 rings (SSSR count). The molecule has 1 aromatic carbocycles. The number of nitrogens with two attached hydrogens (primary N) is 1. The van der Waals surface area contributed by atoms with Crippen LogP contribution in [0.2, 0.25) is 0 Å². The van der Waals surface area contributed by atoms with Gasteiger partial charge in [0.2, 0.25) is 0 Å². The minimum Gasteiger partial charge on any atom is -0.483 e. The van der Waals surface area contributed by atoms with Crippen molar-refractivity contribution in [3.8, 4) is 5.75 Å². The van der Waals surface area contributed by atoms with Gasteiger partial charge < -0.3 is 20.5 Å². The summed E-state index contributed by atoms with van der Waals surface area (Å²) in [6, 6.07) is 6.00. The second kappa shape index (κ2) is 7.26. The molecule has 0 saturated carbocycles. The van der Waals surface area contributed by atoms with E-state index in [1.165, 1.54) is 0 Å². The van der Waals surface area contributed by atoms with E-state index in [1.807, 2.05) is 25.1 Å². The molecule has 1 aliphatic rings. The normalized spacial score (nSPS) is 15.9. The van der Waals surface area contributed by atoms with Gasteiger partial charge in [-0.15, -0.1) is 0 Å². The molecule has 0 radical (unpaired) electrons. The SMILES string of the molecule is Cc1cccc(CN)c1OCC(=O)NC1CCOCC1. The van der Waals surface area contributed by atoms with E-state index >= 15 is 0 Å². The van der Waals surface area contributed by atoms with Crippen molar-refractivity contribution in [2.75, 3.05) is 19.8 Å². The molecular formula is C15H22N2O3. The van der Waals surface area contributed by atoms with Crippen LogP contribution in [0.25, 0.3) is 0 Å². The van der Waals surface area contributed by atoms with Crippen LogP contribution in [0.4, 0.5) is 0 Å². The maximum Gasteiger partial charge on any atom is 0.258 e. The number of amides is 1. The van der Waals surface area contributed by atoms with Crippen LogP contribution in [-0.2, 0) is 16.1 Å². The Bertz CT molecular complexity index is 456. The highest BCUT2D eigenvalue weighted by Crippen LogP contribution is 2.22. The molecule has 5 heteroatoms. The van der Waals surface area contributed by atoms with Crippen molar-refractivity contribution >= 4 is 5.91 Å². The van der Waals surface area contributed by atoms with Crippen molar-refractivity contribution < 1.29 is 14.3 Å². The van der Waals surface area contributed by atoms with Crippen molar-refractivity contribution in [3.05, 3.63) is 29.3 Å². The summed E-state index contributed by atoms with van der Waals surface area (Å²) in [7, 11) is 0. The van der Waals surface area contributed by atoms with E-state index in [0.717, 1.165) is 29.7 Å². The number of carbonyl (C=O) groups is 1. The highest BCUT2D eigenvalue weighted by Gasteiger charge is 2.16. The van der Waals surface area contributed by atoms with Gasteiger partial charge in [0.15, 0.2) is 6.61 Å². The van der Waals surface area contributed by atoms with Crippen LogP contribution in [0.15, 0.2) is 18.2 Å². The Labute approximate surface area is 119 Å². The largest absolute Gasteiger partial charge is 0.483 e. The minimum atomic E-state index is -0.0943. The number of hydrogen-bond acceptors (Lipinski definition) is 4. The molecule has 1 aliphatic heterocycles. The van der Waals surface area contributed by atoms with Gasteiger partial charge in [-0.25, -0.2) is 0 Å². The number of benzene rings is 1. The van der Waals surface area contributed by atoms with Crippen LogP contribution < -0.4 is 15.8 Å². The molecule has 0 bridgehead atoms. The Kier molecular flexibility index (Phi) is 5.38. The van der Waals surface area contributed by atoms with Gasteiger partial charge >= 0.3 is 0 Å². The van der Waals surface area contributed by atoms with E-state index in [0.29, 0.717) is 19.8 Å². The van der Waals surface area contributed by atoms with Crippen LogP contribution in [0, 0.1) is 6.92 Å². The first-order valence-corrected chi connectivity index (χ1v) is 6.99. The third-order valence-electron chi connectivity index (χ3n) is 3.45. The molecule has 1 amide bonds. The summed E-state index contributed by atoms with van der Waals surface area (Å²) in [5.41, 5.74) is 7.59. The molecule has 0 aromatic heterocycles. The van der Waals surface area contributed by atoms with Crippen LogP contribution in [0.3, 0.4) is 0 Å². The topological polar surface area (TPSA) is 73.6 Å². The number of carbonyl (C=O) groups excluding carboxylic acids is 1. The summed E-state index contributed by atoms with van der Waals surface area (Å²) in [5, 5.41) is 2.97. The summed E-state index contributed by atoms with van der Waals surface area (Å²) >= 11 is 0. The molecule has 1 fully saturated rings. The average Bonchev–Trinajstić information content (AvgIpc) is 2.46. The van der Waals surface area contributed by atoms with Gasteiger partial charge in [0.25, 0.3) is 5.91 Å². The average molecular weight is 278 g/mol. The van der Waals surface area contributed by atoms with Gasteiger partial charge in [-0.05, 0) is 25.3 Å². The number of nitrogens with one attached hydrogen (secondary N) is 1. The Hall–Kier alpha value is -1.59. The fraction of sp³-hybridized carbons (Fsp3) is 0.533. The second-order valence-electron chi connectivity index (χ2n) is 5.01. The maximum absolute atomic E-state index is 11.9. The monoisotopic (exact) mass is 278 g/mol. The van der Waals surface area contributed by atoms with Crippen molar-refractivity contribution in [2.24, 2.45) is 5.73 Å². The quantitative estimate of drug-likeness (QED) is 0.846. The van der Waals surface area contributed by atoms with E-state index in [2.05, 4.69) is 5.32 Å². The van der Waals surface area contributed by atoms with E-state index < -0.39 is 0 Å². The first-order chi connectivity index (χ1) is 9.70. The Balaban J connectivity index is 1.86. The molecule has 110 valence electrons. The van der Waals surface area contributed by atoms with Crippen LogP contribution >= 0.6 is 0 Å². The highest BCUT2D eigenvalue weighted by molar-refractivity contribution is 5.78. The van der Waals surface area contributed by atoms with Crippen molar-refractivity contribution in [1.82, 2.24) is 5.32 Å². The van der Waals surface area contributed by atoms with Gasteiger partial charge in [-0.3, -0.25) is 4.79 Å². The van der Waals surface area contributed by atoms with Crippen molar-refractivity contribution in [1.29, 1.82) is 0 Å². The summed E-state index contributed by atoms with van der Waals surface area (Å²) in [4.78, 5) is 11.9. The van der Waals surface area contributed by atoms with Crippen LogP contribution in [0.5, 0.6) is 5.75 Å². The van der Waals surface area contributed by atoms with Gasteiger partial charge in [0.1, 0.15) is 5.75 Å². The summed E-state index contributed by atoms with van der Waals surface area (Å²) in [6.45, 7) is 3.79. The predicted molar refractivity (Wildman–Crippen MR) is 76.5 cm³/mol. The first kappa shape index (κ1) is 14.8. The van der Waals surface area contributed by atoms with Gasteiger partial charge in [-0.1, -0.05) is 18.2 Å². The van der Waals surface area contributed by atoms with E-state index in [4.69, 9.17) is 15.2 Å². The standard InChI is InChI=1S/C15H22N2O3/c1-11-3-2-4-12(9-16)15(11)20-10-14(18)17-13-5-7-19-8-6-13/h2-4,13H,5-10,16H2,1H3,(H,17,18). The predicted octanol–water partition coefficient (Wildman–Crippen LogP) is 1.13. The number of rotatable bonds is 5. The lowest BCUT2D eigenvalue weighted by Gasteiger charge is -2.23. The first-order valence-electron chi connectivity index (χ1n) is 6.99. The Morgan fingerprint density at radius 1 is 1.45 bits per heavy atom. The molecule has 0 unspecified atom stereocenters. The third kappa shape index (κ3) is 3.95. The minimum absolute atomic E-state index is 0.0230. The molecule has 0 aliphatic carbocycles. The van der Waals surface area contributed by atoms with E-state index in [9.17, 15) is 4.79 Å². The zero-order valence-corrected chi connectivity index (χ0v) is 11.9.